The van der Waals surface area contributed by atoms with E-state index in [1.54, 1.807) is 18.2 Å². The van der Waals surface area contributed by atoms with Crippen LogP contribution in [0.5, 0.6) is 0 Å². The Balaban J connectivity index is 2.36. The van der Waals surface area contributed by atoms with Crippen LogP contribution in [0.4, 0.5) is 5.69 Å². The van der Waals surface area contributed by atoms with Crippen LogP contribution < -0.4 is 11.1 Å². The SMILES string of the molecule is COC(=O)C(CO)NC(=O)c1ccc(N)cc1-c1ccccc1. The monoisotopic (exact) mass is 314 g/mol. The van der Waals surface area contributed by atoms with E-state index in [0.717, 1.165) is 5.56 Å². The third-order valence-electron chi connectivity index (χ3n) is 3.35. The molecule has 2 aromatic carbocycles. The van der Waals surface area contributed by atoms with Crippen LogP contribution >= 0.6 is 0 Å². The maximum absolute atomic E-state index is 12.5. The van der Waals surface area contributed by atoms with E-state index in [4.69, 9.17) is 5.73 Å². The number of anilines is 1. The van der Waals surface area contributed by atoms with Gasteiger partial charge < -0.3 is 20.9 Å². The van der Waals surface area contributed by atoms with Crippen molar-refractivity contribution in [1.82, 2.24) is 5.32 Å². The van der Waals surface area contributed by atoms with Crippen LogP contribution in [0.2, 0.25) is 0 Å². The quantitative estimate of drug-likeness (QED) is 0.568. The number of aliphatic hydroxyl groups excluding tert-OH is 1. The van der Waals surface area contributed by atoms with Gasteiger partial charge in [0.2, 0.25) is 0 Å². The molecule has 0 saturated heterocycles. The number of methoxy groups -OCH3 is 1. The average molecular weight is 314 g/mol. The van der Waals surface area contributed by atoms with Crippen LogP contribution in [0.15, 0.2) is 48.5 Å². The molecule has 0 aromatic heterocycles. The summed E-state index contributed by atoms with van der Waals surface area (Å²) in [6.07, 6.45) is 0. The molecule has 0 aliphatic rings. The second-order valence-electron chi connectivity index (χ2n) is 4.90. The Morgan fingerprint density at radius 3 is 2.52 bits per heavy atom. The van der Waals surface area contributed by atoms with Crippen LogP contribution in [-0.4, -0.2) is 36.7 Å². The van der Waals surface area contributed by atoms with Gasteiger partial charge >= 0.3 is 5.97 Å². The molecule has 2 aromatic rings. The number of nitrogens with two attached hydrogens (primary N) is 1. The molecule has 0 heterocycles. The highest BCUT2D eigenvalue weighted by molar-refractivity contribution is 6.03. The van der Waals surface area contributed by atoms with Gasteiger partial charge in [-0.1, -0.05) is 30.3 Å². The van der Waals surface area contributed by atoms with Crippen molar-refractivity contribution in [3.05, 3.63) is 54.1 Å². The summed E-state index contributed by atoms with van der Waals surface area (Å²) in [6, 6.07) is 13.0. The first-order chi connectivity index (χ1) is 11.1. The molecular weight excluding hydrogens is 296 g/mol. The third-order valence-corrected chi connectivity index (χ3v) is 3.35. The topological polar surface area (TPSA) is 102 Å². The lowest BCUT2D eigenvalue weighted by molar-refractivity contribution is -0.143. The smallest absolute Gasteiger partial charge is 0.330 e. The standard InChI is InChI=1S/C17H18N2O4/c1-23-17(22)15(10-20)19-16(21)13-8-7-12(18)9-14(13)11-5-3-2-4-6-11/h2-9,15,20H,10,18H2,1H3,(H,19,21). The summed E-state index contributed by atoms with van der Waals surface area (Å²) < 4.78 is 4.54. The van der Waals surface area contributed by atoms with Crippen molar-refractivity contribution in [2.45, 2.75) is 6.04 Å². The maximum atomic E-state index is 12.5. The highest BCUT2D eigenvalue weighted by Crippen LogP contribution is 2.26. The van der Waals surface area contributed by atoms with Crippen LogP contribution in [0.3, 0.4) is 0 Å². The number of amides is 1. The number of ether oxygens (including phenoxy) is 1. The van der Waals surface area contributed by atoms with Gasteiger partial charge in [0.15, 0.2) is 6.04 Å². The Hall–Kier alpha value is -2.86. The fourth-order valence-electron chi connectivity index (χ4n) is 2.17. The summed E-state index contributed by atoms with van der Waals surface area (Å²) in [5.41, 5.74) is 8.16. The van der Waals surface area contributed by atoms with E-state index >= 15 is 0 Å². The zero-order chi connectivity index (χ0) is 16.8. The number of benzene rings is 2. The number of rotatable bonds is 5. The van der Waals surface area contributed by atoms with Crippen LogP contribution in [0.25, 0.3) is 11.1 Å². The summed E-state index contributed by atoms with van der Waals surface area (Å²) in [5.74, 6) is -1.20. The molecule has 0 saturated carbocycles. The minimum Gasteiger partial charge on any atom is -0.467 e. The number of aliphatic hydroxyl groups is 1. The number of hydrogen-bond acceptors (Lipinski definition) is 5. The molecule has 0 radical (unpaired) electrons. The van der Waals surface area contributed by atoms with E-state index in [2.05, 4.69) is 10.1 Å². The van der Waals surface area contributed by atoms with Gasteiger partial charge in [-0.15, -0.1) is 0 Å². The lowest BCUT2D eigenvalue weighted by Gasteiger charge is -2.16. The first-order valence-corrected chi connectivity index (χ1v) is 7.01. The fourth-order valence-corrected chi connectivity index (χ4v) is 2.17. The van der Waals surface area contributed by atoms with Gasteiger partial charge in [-0.2, -0.15) is 0 Å². The van der Waals surface area contributed by atoms with E-state index in [9.17, 15) is 14.7 Å². The van der Waals surface area contributed by atoms with Crippen LogP contribution in [-0.2, 0) is 9.53 Å². The van der Waals surface area contributed by atoms with Gasteiger partial charge in [0.05, 0.1) is 13.7 Å². The lowest BCUT2D eigenvalue weighted by Crippen LogP contribution is -2.44. The van der Waals surface area contributed by atoms with Crippen molar-refractivity contribution < 1.29 is 19.4 Å². The number of carbonyl (C=O) groups excluding carboxylic acids is 2. The first-order valence-electron chi connectivity index (χ1n) is 7.01. The van der Waals surface area contributed by atoms with Crippen LogP contribution in [0.1, 0.15) is 10.4 Å². The number of nitrogen functional groups attached to an aromatic ring is 1. The summed E-state index contributed by atoms with van der Waals surface area (Å²) in [7, 11) is 1.19. The Morgan fingerprint density at radius 2 is 1.91 bits per heavy atom. The molecule has 1 amide bonds. The van der Waals surface area contributed by atoms with E-state index in [0.29, 0.717) is 16.8 Å². The van der Waals surface area contributed by atoms with Crippen molar-refractivity contribution in [1.29, 1.82) is 0 Å². The van der Waals surface area contributed by atoms with E-state index < -0.39 is 24.5 Å². The van der Waals surface area contributed by atoms with Gasteiger partial charge in [0.25, 0.3) is 5.91 Å². The van der Waals surface area contributed by atoms with Gasteiger partial charge in [-0.05, 0) is 29.3 Å². The Labute approximate surface area is 133 Å². The minimum absolute atomic E-state index is 0.354. The number of esters is 1. The molecule has 0 bridgehead atoms. The van der Waals surface area contributed by atoms with Crippen LogP contribution in [0, 0.1) is 0 Å². The molecular formula is C17H18N2O4. The normalized spacial score (nSPS) is 11.6. The summed E-state index contributed by atoms with van der Waals surface area (Å²) in [6.45, 7) is -0.548. The van der Waals surface area contributed by atoms with Crippen molar-refractivity contribution >= 4 is 17.6 Å². The molecule has 1 unspecified atom stereocenters. The van der Waals surface area contributed by atoms with Crippen molar-refractivity contribution in [3.63, 3.8) is 0 Å². The second-order valence-corrected chi connectivity index (χ2v) is 4.90. The Kier molecular flexibility index (Phi) is 5.32. The number of hydrogen-bond donors (Lipinski definition) is 3. The van der Waals surface area contributed by atoms with E-state index in [-0.39, 0.29) is 0 Å². The molecule has 2 rings (SSSR count). The zero-order valence-corrected chi connectivity index (χ0v) is 12.7. The van der Waals surface area contributed by atoms with Gasteiger partial charge in [0.1, 0.15) is 0 Å². The molecule has 6 heteroatoms. The number of carbonyl (C=O) groups is 2. The molecule has 0 spiro atoms. The molecule has 23 heavy (non-hydrogen) atoms. The number of nitrogens with one attached hydrogen (secondary N) is 1. The molecule has 4 N–H and O–H groups in total. The molecule has 0 aliphatic heterocycles. The Morgan fingerprint density at radius 1 is 1.22 bits per heavy atom. The first kappa shape index (κ1) is 16.5. The third kappa shape index (κ3) is 3.87. The molecule has 0 fully saturated rings. The van der Waals surface area contributed by atoms with Gasteiger partial charge in [-0.3, -0.25) is 4.79 Å². The van der Waals surface area contributed by atoms with Gasteiger partial charge in [-0.25, -0.2) is 4.79 Å². The average Bonchev–Trinajstić information content (AvgIpc) is 2.59. The Bertz CT molecular complexity index is 701. The highest BCUT2D eigenvalue weighted by atomic mass is 16.5. The van der Waals surface area contributed by atoms with Crippen molar-refractivity contribution in [2.75, 3.05) is 19.5 Å². The molecule has 120 valence electrons. The van der Waals surface area contributed by atoms with E-state index in [1.165, 1.54) is 7.11 Å². The molecule has 1 atom stereocenters. The molecule has 0 aliphatic carbocycles. The maximum Gasteiger partial charge on any atom is 0.330 e. The minimum atomic E-state index is -1.12. The summed E-state index contributed by atoms with van der Waals surface area (Å²) >= 11 is 0. The molecule has 6 nitrogen and oxygen atoms in total. The summed E-state index contributed by atoms with van der Waals surface area (Å²) in [5, 5.41) is 11.7. The fraction of sp³-hybridized carbons (Fsp3) is 0.176. The van der Waals surface area contributed by atoms with Crippen molar-refractivity contribution in [2.24, 2.45) is 0 Å². The largest absolute Gasteiger partial charge is 0.467 e. The predicted octanol–water partition coefficient (Wildman–Crippen LogP) is 1.20. The lowest BCUT2D eigenvalue weighted by atomic mass is 9.98. The van der Waals surface area contributed by atoms with Crippen molar-refractivity contribution in [3.8, 4) is 11.1 Å². The summed E-state index contributed by atoms with van der Waals surface area (Å²) in [4.78, 5) is 24.0. The van der Waals surface area contributed by atoms with Gasteiger partial charge in [0, 0.05) is 11.3 Å². The highest BCUT2D eigenvalue weighted by Gasteiger charge is 2.22. The predicted molar refractivity (Wildman–Crippen MR) is 86.6 cm³/mol. The van der Waals surface area contributed by atoms with E-state index in [1.807, 2.05) is 30.3 Å². The second kappa shape index (κ2) is 7.42. The zero-order valence-electron chi connectivity index (χ0n) is 12.7.